The molecule has 0 aliphatic carbocycles. The molecule has 7 nitrogen and oxygen atoms in total. The Labute approximate surface area is 198 Å². The molecule has 1 aromatic heterocycles. The number of ether oxygens (including phenoxy) is 2. The zero-order valence-electron chi connectivity index (χ0n) is 18.5. The number of nitrogens with zero attached hydrogens (tertiary/aromatic N) is 3. The fraction of sp³-hybridized carbons (Fsp3) is 0.522. The van der Waals surface area contributed by atoms with E-state index in [2.05, 4.69) is 9.88 Å². The number of aryl methyl sites for hydroxylation is 1. The van der Waals surface area contributed by atoms with Crippen molar-refractivity contribution in [2.75, 3.05) is 31.2 Å². The quantitative estimate of drug-likeness (QED) is 0.655. The zero-order valence-corrected chi connectivity index (χ0v) is 20.0. The topological polar surface area (TPSA) is 90.6 Å². The third-order valence-electron chi connectivity index (χ3n) is 6.63. The Hall–Kier alpha value is -1.93. The van der Waals surface area contributed by atoms with E-state index in [-0.39, 0.29) is 29.9 Å². The van der Waals surface area contributed by atoms with Crippen molar-refractivity contribution in [3.8, 4) is 11.3 Å². The molecule has 2 atom stereocenters. The number of piperidine rings is 1. The summed E-state index contributed by atoms with van der Waals surface area (Å²) in [6.45, 7) is 7.98. The van der Waals surface area contributed by atoms with Crippen molar-refractivity contribution >= 4 is 35.0 Å². The molecule has 2 fully saturated rings. The van der Waals surface area contributed by atoms with Gasteiger partial charge in [0.2, 0.25) is 0 Å². The van der Waals surface area contributed by atoms with Crippen LogP contribution >= 0.6 is 23.2 Å². The second kappa shape index (κ2) is 9.14. The van der Waals surface area contributed by atoms with Crippen LogP contribution in [0.5, 0.6) is 0 Å². The summed E-state index contributed by atoms with van der Waals surface area (Å²) in [4.78, 5) is 24.4. The number of benzene rings is 1. The van der Waals surface area contributed by atoms with E-state index in [4.69, 9.17) is 43.4 Å². The maximum absolute atomic E-state index is 12.8. The lowest BCUT2D eigenvalue weighted by Gasteiger charge is -2.41. The predicted molar refractivity (Wildman–Crippen MR) is 125 cm³/mol. The van der Waals surface area contributed by atoms with Gasteiger partial charge in [-0.3, -0.25) is 0 Å². The second-order valence-corrected chi connectivity index (χ2v) is 9.33. The number of aromatic nitrogens is 2. The third kappa shape index (κ3) is 4.07. The Morgan fingerprint density at radius 1 is 1.31 bits per heavy atom. The van der Waals surface area contributed by atoms with Gasteiger partial charge in [0.15, 0.2) is 11.5 Å². The van der Waals surface area contributed by atoms with E-state index in [1.54, 1.807) is 19.1 Å². The van der Waals surface area contributed by atoms with E-state index in [1.807, 2.05) is 19.9 Å². The lowest BCUT2D eigenvalue weighted by Crippen LogP contribution is -2.51. The molecule has 3 heterocycles. The Morgan fingerprint density at radius 2 is 2.03 bits per heavy atom. The van der Waals surface area contributed by atoms with Crippen molar-refractivity contribution in [3.63, 3.8) is 0 Å². The van der Waals surface area contributed by atoms with Gasteiger partial charge in [0.25, 0.3) is 0 Å². The average molecular weight is 479 g/mol. The van der Waals surface area contributed by atoms with E-state index in [0.717, 1.165) is 12.8 Å². The molecule has 0 amide bonds. The maximum Gasteiger partial charge on any atom is 0.360 e. The molecular formula is C23H28Cl2N4O3. The molecule has 1 aromatic carbocycles. The second-order valence-electron chi connectivity index (χ2n) is 8.54. The van der Waals surface area contributed by atoms with E-state index in [9.17, 15) is 4.79 Å². The lowest BCUT2D eigenvalue weighted by atomic mass is 9.73. The molecule has 4 rings (SSSR count). The Morgan fingerprint density at radius 3 is 2.66 bits per heavy atom. The van der Waals surface area contributed by atoms with Gasteiger partial charge in [-0.15, -0.1) is 0 Å². The minimum absolute atomic E-state index is 0.00865. The number of halogens is 2. The van der Waals surface area contributed by atoms with Crippen LogP contribution in [0.15, 0.2) is 18.2 Å². The molecule has 2 aromatic rings. The number of hydrogen-bond donors (Lipinski definition) is 1. The number of hydrogen-bond acceptors (Lipinski definition) is 7. The number of esters is 1. The first-order valence-electron chi connectivity index (χ1n) is 10.9. The summed E-state index contributed by atoms with van der Waals surface area (Å²) in [6, 6.07) is 5.32. The largest absolute Gasteiger partial charge is 0.461 e. The van der Waals surface area contributed by atoms with Crippen LogP contribution in [0, 0.1) is 12.3 Å². The highest BCUT2D eigenvalue weighted by molar-refractivity contribution is 6.43. The third-order valence-corrected chi connectivity index (χ3v) is 7.45. The van der Waals surface area contributed by atoms with Crippen LogP contribution in [0.1, 0.15) is 42.9 Å². The van der Waals surface area contributed by atoms with Gasteiger partial charge in [-0.1, -0.05) is 35.3 Å². The molecule has 1 spiro atoms. The highest BCUT2D eigenvalue weighted by atomic mass is 35.5. The van der Waals surface area contributed by atoms with Gasteiger partial charge in [0.05, 0.1) is 40.8 Å². The number of anilines is 1. The molecule has 2 N–H and O–H groups in total. The van der Waals surface area contributed by atoms with Crippen molar-refractivity contribution in [1.82, 2.24) is 9.97 Å². The SMILES string of the molecule is CCOC(=O)c1nc(-c2cccc(Cl)c2Cl)c(C)nc1N1CCC2(CC1)COC(C)C2N. The summed E-state index contributed by atoms with van der Waals surface area (Å²) < 4.78 is 11.1. The molecule has 2 aliphatic rings. The molecular weight excluding hydrogens is 451 g/mol. The first-order valence-corrected chi connectivity index (χ1v) is 11.7. The number of nitrogens with two attached hydrogens (primary N) is 1. The Kier molecular flexibility index (Phi) is 6.63. The summed E-state index contributed by atoms with van der Waals surface area (Å²) in [5.41, 5.74) is 8.40. The van der Waals surface area contributed by atoms with Crippen molar-refractivity contribution in [3.05, 3.63) is 39.6 Å². The average Bonchev–Trinajstić information content (AvgIpc) is 3.05. The van der Waals surface area contributed by atoms with Gasteiger partial charge < -0.3 is 20.1 Å². The van der Waals surface area contributed by atoms with Gasteiger partial charge >= 0.3 is 5.97 Å². The standard InChI is InChI=1S/C23H28Cl2N4O3/c1-4-31-22(30)19-21(29-10-8-23(9-11-29)12-32-14(3)20(23)26)27-13(2)18(28-19)15-6-5-7-16(24)17(15)25/h5-7,14,20H,4,8-12,26H2,1-3H3. The van der Waals surface area contributed by atoms with Crippen molar-refractivity contribution in [2.24, 2.45) is 11.1 Å². The summed E-state index contributed by atoms with van der Waals surface area (Å²) in [6.07, 6.45) is 1.78. The number of carbonyl (C=O) groups excluding carboxylic acids is 1. The van der Waals surface area contributed by atoms with Gasteiger partial charge in [0, 0.05) is 30.1 Å². The van der Waals surface area contributed by atoms with Gasteiger partial charge in [-0.2, -0.15) is 0 Å². The predicted octanol–water partition coefficient (Wildman–Crippen LogP) is 4.27. The Balaban J connectivity index is 1.70. The summed E-state index contributed by atoms with van der Waals surface area (Å²) in [5, 5.41) is 0.788. The molecule has 9 heteroatoms. The highest BCUT2D eigenvalue weighted by Gasteiger charge is 2.48. The van der Waals surface area contributed by atoms with Crippen LogP contribution in [0.2, 0.25) is 10.0 Å². The van der Waals surface area contributed by atoms with Crippen LogP contribution < -0.4 is 10.6 Å². The zero-order chi connectivity index (χ0) is 23.0. The Bertz CT molecular complexity index is 1020. The van der Waals surface area contributed by atoms with Gasteiger partial charge in [-0.05, 0) is 39.7 Å². The van der Waals surface area contributed by atoms with Gasteiger partial charge in [-0.25, -0.2) is 14.8 Å². The fourth-order valence-electron chi connectivity index (χ4n) is 4.64. The molecule has 0 saturated carbocycles. The molecule has 32 heavy (non-hydrogen) atoms. The first-order chi connectivity index (χ1) is 15.3. The van der Waals surface area contributed by atoms with Gasteiger partial charge in [0.1, 0.15) is 0 Å². The van der Waals surface area contributed by atoms with Crippen molar-refractivity contribution < 1.29 is 14.3 Å². The number of rotatable bonds is 4. The van der Waals surface area contributed by atoms with Crippen molar-refractivity contribution in [2.45, 2.75) is 45.8 Å². The van der Waals surface area contributed by atoms with Crippen LogP contribution in [-0.4, -0.2) is 54.4 Å². The molecule has 2 unspecified atom stereocenters. The van der Waals surface area contributed by atoms with Crippen LogP contribution in [0.3, 0.4) is 0 Å². The fourth-order valence-corrected chi connectivity index (χ4v) is 5.03. The molecule has 2 saturated heterocycles. The van der Waals surface area contributed by atoms with Crippen LogP contribution in [-0.2, 0) is 9.47 Å². The maximum atomic E-state index is 12.8. The van der Waals surface area contributed by atoms with E-state index in [1.165, 1.54) is 0 Å². The normalized spacial score (nSPS) is 22.4. The minimum atomic E-state index is -0.510. The smallest absolute Gasteiger partial charge is 0.360 e. The van der Waals surface area contributed by atoms with E-state index < -0.39 is 5.97 Å². The molecule has 2 aliphatic heterocycles. The molecule has 0 radical (unpaired) electrons. The van der Waals surface area contributed by atoms with Crippen molar-refractivity contribution in [1.29, 1.82) is 0 Å². The molecule has 0 bridgehead atoms. The lowest BCUT2D eigenvalue weighted by molar-refractivity contribution is 0.0519. The monoisotopic (exact) mass is 478 g/mol. The van der Waals surface area contributed by atoms with Crippen LogP contribution in [0.25, 0.3) is 11.3 Å². The van der Waals surface area contributed by atoms with E-state index in [0.29, 0.717) is 52.5 Å². The van der Waals surface area contributed by atoms with E-state index >= 15 is 0 Å². The summed E-state index contributed by atoms with van der Waals surface area (Å²) >= 11 is 12.6. The molecule has 172 valence electrons. The summed E-state index contributed by atoms with van der Waals surface area (Å²) in [7, 11) is 0. The number of carbonyl (C=O) groups is 1. The van der Waals surface area contributed by atoms with Crippen LogP contribution in [0.4, 0.5) is 5.82 Å². The summed E-state index contributed by atoms with van der Waals surface area (Å²) in [5.74, 6) is 0.0162. The highest BCUT2D eigenvalue weighted by Crippen LogP contribution is 2.42. The minimum Gasteiger partial charge on any atom is -0.461 e. The first kappa shape index (κ1) is 23.2.